The highest BCUT2D eigenvalue weighted by molar-refractivity contribution is 7.92. The number of nitrogens with zero attached hydrogens (tertiary/aromatic N) is 2. The first-order valence-corrected chi connectivity index (χ1v) is 14.5. The molecule has 1 aliphatic carbocycles. The molecule has 1 aliphatic heterocycles. The van der Waals surface area contributed by atoms with E-state index < -0.39 is 25.9 Å². The molecule has 8 nitrogen and oxygen atoms in total. The minimum atomic E-state index is -3.89. The van der Waals surface area contributed by atoms with Gasteiger partial charge in [-0.1, -0.05) is 6.08 Å². The van der Waals surface area contributed by atoms with Gasteiger partial charge in [0.05, 0.1) is 22.1 Å². The molecule has 11 heteroatoms. The Morgan fingerprint density at radius 3 is 2.59 bits per heavy atom. The summed E-state index contributed by atoms with van der Waals surface area (Å²) in [6.07, 6.45) is 6.01. The zero-order valence-corrected chi connectivity index (χ0v) is 19.9. The van der Waals surface area contributed by atoms with Gasteiger partial charge in [-0.05, 0) is 56.4 Å². The van der Waals surface area contributed by atoms with E-state index in [4.69, 9.17) is 0 Å². The summed E-state index contributed by atoms with van der Waals surface area (Å²) < 4.78 is 50.9. The Kier molecular flexibility index (Phi) is 6.53. The van der Waals surface area contributed by atoms with Crippen molar-refractivity contribution in [2.24, 2.45) is 0 Å². The molecule has 1 amide bonds. The number of aryl methyl sites for hydroxylation is 2. The van der Waals surface area contributed by atoms with Gasteiger partial charge in [0.15, 0.2) is 15.0 Å². The molecule has 2 aromatic rings. The number of hydrogen-bond acceptors (Lipinski definition) is 7. The van der Waals surface area contributed by atoms with Gasteiger partial charge in [-0.3, -0.25) is 9.69 Å². The predicted molar refractivity (Wildman–Crippen MR) is 124 cm³/mol. The first-order valence-electron chi connectivity index (χ1n) is 10.4. The van der Waals surface area contributed by atoms with Gasteiger partial charge in [-0.15, -0.1) is 17.9 Å². The number of anilines is 1. The summed E-state index contributed by atoms with van der Waals surface area (Å²) in [5.74, 6) is -0.501. The first-order chi connectivity index (χ1) is 15.2. The van der Waals surface area contributed by atoms with Crippen LogP contribution < -0.4 is 9.62 Å². The predicted octanol–water partition coefficient (Wildman–Crippen LogP) is 2.32. The summed E-state index contributed by atoms with van der Waals surface area (Å²) in [4.78, 5) is 20.6. The third-order valence-corrected chi connectivity index (χ3v) is 10.1. The molecule has 0 saturated carbocycles. The van der Waals surface area contributed by atoms with Crippen LogP contribution in [0.4, 0.5) is 5.13 Å². The van der Waals surface area contributed by atoms with Crippen molar-refractivity contribution < 1.29 is 21.6 Å². The van der Waals surface area contributed by atoms with Crippen molar-refractivity contribution in [3.05, 3.63) is 53.1 Å². The van der Waals surface area contributed by atoms with E-state index in [2.05, 4.69) is 16.3 Å². The number of carbonyl (C=O) groups is 1. The molecule has 0 bridgehead atoms. The Morgan fingerprint density at radius 2 is 1.97 bits per heavy atom. The molecule has 172 valence electrons. The summed E-state index contributed by atoms with van der Waals surface area (Å²) in [5.41, 5.74) is 1.39. The van der Waals surface area contributed by atoms with E-state index in [1.807, 2.05) is 0 Å². The summed E-state index contributed by atoms with van der Waals surface area (Å²) in [6.45, 7) is 4.04. The third-order valence-electron chi connectivity index (χ3n) is 5.59. The molecule has 1 aromatic heterocycles. The van der Waals surface area contributed by atoms with Crippen LogP contribution in [0.2, 0.25) is 0 Å². The minimum Gasteiger partial charge on any atom is -0.280 e. The summed E-state index contributed by atoms with van der Waals surface area (Å²) in [7, 11) is -7.09. The van der Waals surface area contributed by atoms with Crippen molar-refractivity contribution in [1.29, 1.82) is 0 Å². The fraction of sp³-hybridized carbons (Fsp3) is 0.429. The lowest BCUT2D eigenvalue weighted by Crippen LogP contribution is -2.35. The average Bonchev–Trinajstić information content (AvgIpc) is 3.33. The largest absolute Gasteiger partial charge is 0.280 e. The van der Waals surface area contributed by atoms with Gasteiger partial charge in [-0.2, -0.15) is 0 Å². The van der Waals surface area contributed by atoms with Crippen molar-refractivity contribution in [1.82, 2.24) is 9.71 Å². The summed E-state index contributed by atoms with van der Waals surface area (Å²) in [5, 5.41) is 0.627. The maximum Gasteiger partial charge on any atom is 0.260 e. The summed E-state index contributed by atoms with van der Waals surface area (Å²) >= 11 is 1.52. The number of aromatic nitrogens is 1. The fourth-order valence-corrected chi connectivity index (χ4v) is 8.14. The zero-order chi connectivity index (χ0) is 22.9. The van der Waals surface area contributed by atoms with Crippen LogP contribution in [-0.2, 0) is 32.7 Å². The lowest BCUT2D eigenvalue weighted by molar-refractivity contribution is 0.0989. The molecule has 1 fully saturated rings. The molecule has 2 heterocycles. The van der Waals surface area contributed by atoms with Gasteiger partial charge >= 0.3 is 0 Å². The van der Waals surface area contributed by atoms with Crippen molar-refractivity contribution in [2.75, 3.05) is 23.0 Å². The van der Waals surface area contributed by atoms with Gasteiger partial charge in [0.2, 0.25) is 10.0 Å². The van der Waals surface area contributed by atoms with Gasteiger partial charge in [0, 0.05) is 23.0 Å². The molecule has 4 rings (SSSR count). The Hall–Kier alpha value is -2.08. The lowest BCUT2D eigenvalue weighted by Gasteiger charge is -2.18. The fourth-order valence-electron chi connectivity index (χ4n) is 3.94. The van der Waals surface area contributed by atoms with E-state index in [0.717, 1.165) is 31.4 Å². The number of sulfone groups is 1. The molecule has 1 atom stereocenters. The van der Waals surface area contributed by atoms with Crippen molar-refractivity contribution in [3.8, 4) is 0 Å². The van der Waals surface area contributed by atoms with Gasteiger partial charge in [-0.25, -0.2) is 26.5 Å². The van der Waals surface area contributed by atoms with Gasteiger partial charge < -0.3 is 0 Å². The molecular weight excluding hydrogens is 470 g/mol. The van der Waals surface area contributed by atoms with E-state index in [-0.39, 0.29) is 28.7 Å². The smallest absolute Gasteiger partial charge is 0.260 e. The molecule has 0 spiro atoms. The highest BCUT2D eigenvalue weighted by Crippen LogP contribution is 2.32. The standard InChI is InChI=1S/C21H25N3O5S3/c1-2-12-24(21-22-18-5-3-4-6-19(18)30-21)20(25)15-7-9-17(10-8-15)32(28,29)23-16-11-13-31(26,27)14-16/h2,7-10,16,23H,1,3-6,11-14H2. The third kappa shape index (κ3) is 4.95. The van der Waals surface area contributed by atoms with E-state index >= 15 is 0 Å². The average molecular weight is 496 g/mol. The number of carbonyl (C=O) groups excluding carboxylic acids is 1. The topological polar surface area (TPSA) is 114 Å². The normalized spacial score (nSPS) is 19.9. The molecule has 2 aliphatic rings. The number of fused-ring (bicyclic) bond motifs is 1. The maximum atomic E-state index is 13.2. The first kappa shape index (κ1) is 23.1. The second-order valence-electron chi connectivity index (χ2n) is 8.02. The highest BCUT2D eigenvalue weighted by atomic mass is 32.2. The molecule has 1 unspecified atom stereocenters. The minimum absolute atomic E-state index is 0.0154. The Morgan fingerprint density at radius 1 is 1.25 bits per heavy atom. The van der Waals surface area contributed by atoms with Crippen molar-refractivity contribution in [3.63, 3.8) is 0 Å². The monoisotopic (exact) mass is 495 g/mol. The quantitative estimate of drug-likeness (QED) is 0.590. The van der Waals surface area contributed by atoms with E-state index in [1.165, 1.54) is 40.5 Å². The van der Waals surface area contributed by atoms with Gasteiger partial charge in [0.25, 0.3) is 5.91 Å². The SMILES string of the molecule is C=CCN(C(=O)c1ccc(S(=O)(=O)NC2CCS(=O)(=O)C2)cc1)c1nc2c(s1)CCCC2. The van der Waals surface area contributed by atoms with Crippen LogP contribution in [0.3, 0.4) is 0 Å². The number of rotatable bonds is 7. The van der Waals surface area contributed by atoms with Crippen LogP contribution >= 0.6 is 11.3 Å². The van der Waals surface area contributed by atoms with Crippen LogP contribution in [-0.4, -0.2) is 51.8 Å². The maximum absolute atomic E-state index is 13.2. The molecule has 1 aromatic carbocycles. The van der Waals surface area contributed by atoms with E-state index in [9.17, 15) is 21.6 Å². The second kappa shape index (κ2) is 9.05. The Bertz CT molecular complexity index is 1210. The molecule has 1 saturated heterocycles. The van der Waals surface area contributed by atoms with Crippen molar-refractivity contribution in [2.45, 2.75) is 43.0 Å². The van der Waals surface area contributed by atoms with E-state index in [1.54, 1.807) is 11.0 Å². The lowest BCUT2D eigenvalue weighted by atomic mass is 10.0. The number of sulfonamides is 1. The Balaban J connectivity index is 1.52. The van der Waals surface area contributed by atoms with Crippen LogP contribution in [0.1, 0.15) is 40.2 Å². The van der Waals surface area contributed by atoms with E-state index in [0.29, 0.717) is 17.2 Å². The highest BCUT2D eigenvalue weighted by Gasteiger charge is 2.31. The zero-order valence-electron chi connectivity index (χ0n) is 17.5. The number of nitrogens with one attached hydrogen (secondary N) is 1. The summed E-state index contributed by atoms with van der Waals surface area (Å²) in [6, 6.07) is 5.01. The van der Waals surface area contributed by atoms with Gasteiger partial charge in [0.1, 0.15) is 0 Å². The second-order valence-corrected chi connectivity index (χ2v) is 13.0. The molecule has 0 radical (unpaired) electrons. The Labute approximate surface area is 192 Å². The number of hydrogen-bond donors (Lipinski definition) is 1. The number of benzene rings is 1. The molecular formula is C21H25N3O5S3. The van der Waals surface area contributed by atoms with Crippen LogP contribution in [0.25, 0.3) is 0 Å². The van der Waals surface area contributed by atoms with Crippen LogP contribution in [0.15, 0.2) is 41.8 Å². The molecule has 32 heavy (non-hydrogen) atoms. The van der Waals surface area contributed by atoms with Crippen molar-refractivity contribution >= 4 is 42.2 Å². The number of amides is 1. The van der Waals surface area contributed by atoms with Crippen LogP contribution in [0, 0.1) is 0 Å². The molecule has 1 N–H and O–H groups in total. The van der Waals surface area contributed by atoms with Crippen LogP contribution in [0.5, 0.6) is 0 Å². The number of thiazole rings is 1.